The first-order chi connectivity index (χ1) is 7.68. The van der Waals surface area contributed by atoms with Gasteiger partial charge in [0.25, 0.3) is 0 Å². The lowest BCUT2D eigenvalue weighted by molar-refractivity contribution is 0.244. The van der Waals surface area contributed by atoms with Gasteiger partial charge in [-0.05, 0) is 37.1 Å². The van der Waals surface area contributed by atoms with Crippen LogP contribution < -0.4 is 5.32 Å². The smallest absolute Gasteiger partial charge is 0.0595 e. The zero-order valence-corrected chi connectivity index (χ0v) is 11.7. The van der Waals surface area contributed by atoms with Crippen molar-refractivity contribution in [3.63, 3.8) is 0 Å². The minimum atomic E-state index is 0. The van der Waals surface area contributed by atoms with Gasteiger partial charge in [0, 0.05) is 18.6 Å². The minimum absolute atomic E-state index is 0. The molecule has 5 heteroatoms. The van der Waals surface area contributed by atoms with Gasteiger partial charge in [0.15, 0.2) is 0 Å². The van der Waals surface area contributed by atoms with Crippen LogP contribution in [0.3, 0.4) is 0 Å². The van der Waals surface area contributed by atoms with Crippen molar-refractivity contribution in [3.05, 3.63) is 33.8 Å². The number of hydrogen-bond acceptors (Lipinski definition) is 2. The lowest BCUT2D eigenvalue weighted by Gasteiger charge is -2.28. The summed E-state index contributed by atoms with van der Waals surface area (Å²) in [7, 11) is 0. The van der Waals surface area contributed by atoms with Crippen LogP contribution in [-0.2, 0) is 5.41 Å². The predicted octanol–water partition coefficient (Wildman–Crippen LogP) is 3.03. The molecule has 1 aromatic carbocycles. The Balaban J connectivity index is 0.00000144. The van der Waals surface area contributed by atoms with Gasteiger partial charge in [-0.15, -0.1) is 12.4 Å². The fourth-order valence-corrected chi connectivity index (χ4v) is 2.69. The molecule has 0 bridgehead atoms. The number of nitrogens with one attached hydrogen (secondary N) is 1. The first-order valence-corrected chi connectivity index (χ1v) is 6.21. The largest absolute Gasteiger partial charge is 0.396 e. The molecule has 1 saturated heterocycles. The van der Waals surface area contributed by atoms with E-state index >= 15 is 0 Å². The Morgan fingerprint density at radius 2 is 2.06 bits per heavy atom. The Kier molecular flexibility index (Phi) is 5.55. The van der Waals surface area contributed by atoms with Gasteiger partial charge in [-0.1, -0.05) is 29.3 Å². The van der Waals surface area contributed by atoms with Crippen molar-refractivity contribution in [2.24, 2.45) is 0 Å². The highest BCUT2D eigenvalue weighted by Gasteiger charge is 2.35. The van der Waals surface area contributed by atoms with E-state index in [1.165, 1.54) is 5.56 Å². The molecule has 17 heavy (non-hydrogen) atoms. The van der Waals surface area contributed by atoms with Crippen LogP contribution in [0.2, 0.25) is 10.0 Å². The van der Waals surface area contributed by atoms with Crippen molar-refractivity contribution < 1.29 is 5.11 Å². The van der Waals surface area contributed by atoms with Crippen LogP contribution in [0.1, 0.15) is 18.4 Å². The Morgan fingerprint density at radius 1 is 1.29 bits per heavy atom. The first-order valence-electron chi connectivity index (χ1n) is 5.45. The van der Waals surface area contributed by atoms with Crippen LogP contribution in [0.4, 0.5) is 0 Å². The summed E-state index contributed by atoms with van der Waals surface area (Å²) in [6.07, 6.45) is 1.80. The summed E-state index contributed by atoms with van der Waals surface area (Å²) in [5, 5.41) is 13.7. The van der Waals surface area contributed by atoms with Crippen LogP contribution in [0.5, 0.6) is 0 Å². The van der Waals surface area contributed by atoms with Crippen molar-refractivity contribution in [1.29, 1.82) is 0 Å². The van der Waals surface area contributed by atoms with Gasteiger partial charge in [0.05, 0.1) is 10.0 Å². The molecular weight excluding hydrogens is 280 g/mol. The topological polar surface area (TPSA) is 32.3 Å². The average Bonchev–Trinajstić information content (AvgIpc) is 2.72. The molecule has 1 aromatic rings. The fraction of sp³-hybridized carbons (Fsp3) is 0.500. The standard InChI is InChI=1S/C12H15Cl2NO.ClH/c13-10-2-1-9(7-11(10)14)12(4-6-16)3-5-15-8-12;/h1-2,7,15-16H,3-6,8H2;1H. The van der Waals surface area contributed by atoms with Crippen LogP contribution in [0, 0.1) is 0 Å². The molecule has 0 radical (unpaired) electrons. The van der Waals surface area contributed by atoms with Crippen molar-refractivity contribution in [2.45, 2.75) is 18.3 Å². The van der Waals surface area contributed by atoms with Gasteiger partial charge in [0.2, 0.25) is 0 Å². The maximum atomic E-state index is 9.19. The van der Waals surface area contributed by atoms with E-state index in [0.717, 1.165) is 25.9 Å². The zero-order chi connectivity index (χ0) is 11.6. The third-order valence-electron chi connectivity index (χ3n) is 3.37. The summed E-state index contributed by atoms with van der Waals surface area (Å²) in [5.41, 5.74) is 1.18. The van der Waals surface area contributed by atoms with E-state index in [2.05, 4.69) is 5.32 Å². The van der Waals surface area contributed by atoms with E-state index in [1.54, 1.807) is 0 Å². The Hall–Kier alpha value is 0.01000. The molecule has 0 saturated carbocycles. The van der Waals surface area contributed by atoms with Crippen LogP contribution in [0.25, 0.3) is 0 Å². The second kappa shape index (κ2) is 6.26. The van der Waals surface area contributed by atoms with Gasteiger partial charge in [-0.3, -0.25) is 0 Å². The quantitative estimate of drug-likeness (QED) is 0.898. The molecule has 1 fully saturated rings. The number of aliphatic hydroxyl groups is 1. The third-order valence-corrected chi connectivity index (χ3v) is 4.11. The van der Waals surface area contributed by atoms with Crippen LogP contribution in [-0.4, -0.2) is 24.8 Å². The van der Waals surface area contributed by atoms with Gasteiger partial charge < -0.3 is 10.4 Å². The molecule has 1 aliphatic heterocycles. The van der Waals surface area contributed by atoms with Crippen LogP contribution >= 0.6 is 35.6 Å². The van der Waals surface area contributed by atoms with Crippen molar-refractivity contribution in [3.8, 4) is 0 Å². The highest BCUT2D eigenvalue weighted by Crippen LogP contribution is 2.36. The number of benzene rings is 1. The summed E-state index contributed by atoms with van der Waals surface area (Å²) in [5.74, 6) is 0. The molecule has 1 unspecified atom stereocenters. The van der Waals surface area contributed by atoms with Crippen molar-refractivity contribution in [2.75, 3.05) is 19.7 Å². The maximum Gasteiger partial charge on any atom is 0.0595 e. The summed E-state index contributed by atoms with van der Waals surface area (Å²) in [4.78, 5) is 0. The molecule has 2 N–H and O–H groups in total. The SMILES string of the molecule is Cl.OCCC1(c2ccc(Cl)c(Cl)c2)CCNC1. The predicted molar refractivity (Wildman–Crippen MR) is 74.6 cm³/mol. The molecular formula is C12H16Cl3NO. The molecule has 2 nitrogen and oxygen atoms in total. The number of hydrogen-bond donors (Lipinski definition) is 2. The van der Waals surface area contributed by atoms with E-state index in [1.807, 2.05) is 18.2 Å². The minimum Gasteiger partial charge on any atom is -0.396 e. The van der Waals surface area contributed by atoms with E-state index < -0.39 is 0 Å². The van der Waals surface area contributed by atoms with Gasteiger partial charge in [-0.2, -0.15) is 0 Å². The molecule has 1 atom stereocenters. The summed E-state index contributed by atoms with van der Waals surface area (Å²) >= 11 is 12.0. The van der Waals surface area contributed by atoms with E-state index in [-0.39, 0.29) is 24.4 Å². The first kappa shape index (κ1) is 15.1. The lowest BCUT2D eigenvalue weighted by Crippen LogP contribution is -2.30. The van der Waals surface area contributed by atoms with Gasteiger partial charge >= 0.3 is 0 Å². The van der Waals surface area contributed by atoms with Crippen molar-refractivity contribution >= 4 is 35.6 Å². The fourth-order valence-electron chi connectivity index (χ4n) is 2.39. The van der Waals surface area contributed by atoms with E-state index in [9.17, 15) is 5.11 Å². The second-order valence-corrected chi connectivity index (χ2v) is 5.12. The second-order valence-electron chi connectivity index (χ2n) is 4.31. The maximum absolute atomic E-state index is 9.19. The van der Waals surface area contributed by atoms with Gasteiger partial charge in [-0.25, -0.2) is 0 Å². The number of aliphatic hydroxyl groups excluding tert-OH is 1. The molecule has 2 rings (SSSR count). The normalized spacial score (nSPS) is 23.5. The number of rotatable bonds is 3. The molecule has 0 aliphatic carbocycles. The summed E-state index contributed by atoms with van der Waals surface area (Å²) in [6, 6.07) is 5.76. The summed E-state index contributed by atoms with van der Waals surface area (Å²) in [6.45, 7) is 2.08. The van der Waals surface area contributed by atoms with E-state index in [4.69, 9.17) is 23.2 Å². The highest BCUT2D eigenvalue weighted by molar-refractivity contribution is 6.42. The van der Waals surface area contributed by atoms with Gasteiger partial charge in [0.1, 0.15) is 0 Å². The molecule has 96 valence electrons. The summed E-state index contributed by atoms with van der Waals surface area (Å²) < 4.78 is 0. The monoisotopic (exact) mass is 295 g/mol. The Labute approximate surface area is 118 Å². The highest BCUT2D eigenvalue weighted by atomic mass is 35.5. The average molecular weight is 297 g/mol. The van der Waals surface area contributed by atoms with E-state index in [0.29, 0.717) is 10.0 Å². The van der Waals surface area contributed by atoms with Crippen molar-refractivity contribution in [1.82, 2.24) is 5.32 Å². The molecule has 1 heterocycles. The Morgan fingerprint density at radius 3 is 2.59 bits per heavy atom. The zero-order valence-electron chi connectivity index (χ0n) is 9.38. The Bertz CT molecular complexity index is 378. The van der Waals surface area contributed by atoms with Crippen LogP contribution in [0.15, 0.2) is 18.2 Å². The third kappa shape index (κ3) is 3.07. The molecule has 0 amide bonds. The molecule has 1 aliphatic rings. The number of halogens is 3. The molecule has 0 spiro atoms. The lowest BCUT2D eigenvalue weighted by atomic mass is 9.77. The molecule has 0 aromatic heterocycles.